The van der Waals surface area contributed by atoms with E-state index in [0.717, 1.165) is 12.1 Å². The smallest absolute Gasteiger partial charge is 0.232 e. The highest BCUT2D eigenvalue weighted by atomic mass is 35.5. The van der Waals surface area contributed by atoms with E-state index in [4.69, 9.17) is 22.1 Å². The Morgan fingerprint density at radius 3 is 2.94 bits per heavy atom. The number of aromatic nitrogens is 2. The number of nitrogens with zero attached hydrogens (tertiary/aromatic N) is 2. The molecule has 0 atom stereocenters. The van der Waals surface area contributed by atoms with E-state index in [9.17, 15) is 0 Å². The van der Waals surface area contributed by atoms with Crippen molar-refractivity contribution in [1.82, 2.24) is 9.97 Å². The first-order chi connectivity index (χ1) is 8.16. The summed E-state index contributed by atoms with van der Waals surface area (Å²) in [5.41, 5.74) is 8.96. The van der Waals surface area contributed by atoms with Gasteiger partial charge < -0.3 is 10.5 Å². The molecule has 0 radical (unpaired) electrons. The summed E-state index contributed by atoms with van der Waals surface area (Å²) >= 11 is 7.57. The van der Waals surface area contributed by atoms with Crippen molar-refractivity contribution in [3.8, 4) is 5.88 Å². The fourth-order valence-electron chi connectivity index (χ4n) is 1.35. The Morgan fingerprint density at radius 1 is 1.47 bits per heavy atom. The first-order valence-corrected chi connectivity index (χ1v) is 6.35. The molecule has 0 spiro atoms. The molecule has 0 aliphatic rings. The molecule has 0 aromatic carbocycles. The van der Waals surface area contributed by atoms with Gasteiger partial charge in [0.1, 0.15) is 5.02 Å². The molecule has 4 nitrogen and oxygen atoms in total. The maximum absolute atomic E-state index is 5.94. The second kappa shape index (κ2) is 5.33. The lowest BCUT2D eigenvalue weighted by Gasteiger charge is -2.06. The number of aryl methyl sites for hydroxylation is 1. The van der Waals surface area contributed by atoms with E-state index in [1.165, 1.54) is 11.1 Å². The van der Waals surface area contributed by atoms with Crippen molar-refractivity contribution < 1.29 is 4.74 Å². The second-order valence-electron chi connectivity index (χ2n) is 3.52. The molecule has 0 aliphatic heterocycles. The molecule has 0 fully saturated rings. The van der Waals surface area contributed by atoms with Crippen molar-refractivity contribution in [3.05, 3.63) is 33.4 Å². The fourth-order valence-corrected chi connectivity index (χ4v) is 2.34. The van der Waals surface area contributed by atoms with E-state index < -0.39 is 0 Å². The third kappa shape index (κ3) is 3.08. The molecule has 0 saturated carbocycles. The number of rotatable bonds is 4. The van der Waals surface area contributed by atoms with E-state index in [1.54, 1.807) is 17.4 Å². The Morgan fingerprint density at radius 2 is 2.29 bits per heavy atom. The predicted molar refractivity (Wildman–Crippen MR) is 69.7 cm³/mol. The van der Waals surface area contributed by atoms with Crippen LogP contribution in [-0.4, -0.2) is 16.6 Å². The summed E-state index contributed by atoms with van der Waals surface area (Å²) in [4.78, 5) is 9.42. The molecule has 2 rings (SSSR count). The van der Waals surface area contributed by atoms with Crippen molar-refractivity contribution in [3.63, 3.8) is 0 Å². The Hall–Kier alpha value is -1.33. The van der Waals surface area contributed by atoms with Gasteiger partial charge in [0, 0.05) is 11.3 Å². The topological polar surface area (TPSA) is 61.0 Å². The Kier molecular flexibility index (Phi) is 3.81. The molecule has 0 bridgehead atoms. The van der Waals surface area contributed by atoms with E-state index in [1.807, 2.05) is 12.4 Å². The number of nitrogen functional groups attached to an aromatic ring is 1. The molecular weight excluding hydrogens is 258 g/mol. The average Bonchev–Trinajstić information content (AvgIpc) is 2.68. The molecule has 0 aliphatic carbocycles. The van der Waals surface area contributed by atoms with Crippen LogP contribution in [0.1, 0.15) is 10.6 Å². The molecule has 17 heavy (non-hydrogen) atoms. The lowest BCUT2D eigenvalue weighted by atomic mass is 10.3. The van der Waals surface area contributed by atoms with Crippen LogP contribution in [0.3, 0.4) is 0 Å². The lowest BCUT2D eigenvalue weighted by Crippen LogP contribution is -2.03. The molecule has 0 saturated heterocycles. The molecule has 6 heteroatoms. The van der Waals surface area contributed by atoms with Gasteiger partial charge in [0.25, 0.3) is 0 Å². The van der Waals surface area contributed by atoms with Gasteiger partial charge in [-0.3, -0.25) is 0 Å². The monoisotopic (exact) mass is 269 g/mol. The molecule has 2 N–H and O–H groups in total. The zero-order valence-electron chi connectivity index (χ0n) is 9.31. The Bertz CT molecular complexity index is 515. The molecule has 2 heterocycles. The van der Waals surface area contributed by atoms with E-state index in [-0.39, 0.29) is 0 Å². The third-order valence-corrected chi connectivity index (χ3v) is 3.51. The number of halogens is 1. The highest BCUT2D eigenvalue weighted by molar-refractivity contribution is 7.09. The van der Waals surface area contributed by atoms with Gasteiger partial charge in [-0.05, 0) is 13.0 Å². The number of pyridine rings is 1. The van der Waals surface area contributed by atoms with Gasteiger partial charge in [-0.25, -0.2) is 9.97 Å². The second-order valence-corrected chi connectivity index (χ2v) is 4.86. The van der Waals surface area contributed by atoms with Crippen LogP contribution in [0.15, 0.2) is 17.8 Å². The van der Waals surface area contributed by atoms with Crippen LogP contribution in [0.25, 0.3) is 0 Å². The van der Waals surface area contributed by atoms with Crippen LogP contribution in [0.5, 0.6) is 5.88 Å². The summed E-state index contributed by atoms with van der Waals surface area (Å²) in [5, 5.41) is 0.436. The maximum atomic E-state index is 5.94. The van der Waals surface area contributed by atoms with E-state index >= 15 is 0 Å². The first kappa shape index (κ1) is 12.1. The molecule has 0 unspecified atom stereocenters. The summed E-state index contributed by atoms with van der Waals surface area (Å²) in [6.45, 7) is 2.51. The van der Waals surface area contributed by atoms with Gasteiger partial charge in [-0.2, -0.15) is 0 Å². The number of hydrogen-bond acceptors (Lipinski definition) is 5. The first-order valence-electron chi connectivity index (χ1n) is 5.09. The minimum Gasteiger partial charge on any atom is -0.476 e. The number of thiazole rings is 1. The van der Waals surface area contributed by atoms with Crippen molar-refractivity contribution in [1.29, 1.82) is 0 Å². The summed E-state index contributed by atoms with van der Waals surface area (Å²) < 4.78 is 5.50. The standard InChI is InChI=1S/C11H12ClN3OS/c1-7-10(17-6-15-7)2-3-16-11-9(12)4-8(13)5-14-11/h4-6H,2-3,13H2,1H3. The molecule has 90 valence electrons. The molecular formula is C11H12ClN3OS. The van der Waals surface area contributed by atoms with Crippen molar-refractivity contribution >= 4 is 28.6 Å². The van der Waals surface area contributed by atoms with Crippen LogP contribution in [0.2, 0.25) is 5.02 Å². The number of nitrogens with two attached hydrogens (primary N) is 1. The van der Waals surface area contributed by atoms with Crippen molar-refractivity contribution in [2.24, 2.45) is 0 Å². The third-order valence-electron chi connectivity index (χ3n) is 2.24. The van der Waals surface area contributed by atoms with Gasteiger partial charge in [0.15, 0.2) is 0 Å². The lowest BCUT2D eigenvalue weighted by molar-refractivity contribution is 0.310. The SMILES string of the molecule is Cc1ncsc1CCOc1ncc(N)cc1Cl. The quantitative estimate of drug-likeness (QED) is 0.927. The Balaban J connectivity index is 1.92. The Labute approximate surface area is 108 Å². The summed E-state index contributed by atoms with van der Waals surface area (Å²) in [7, 11) is 0. The van der Waals surface area contributed by atoms with Crippen molar-refractivity contribution in [2.75, 3.05) is 12.3 Å². The van der Waals surface area contributed by atoms with Gasteiger partial charge in [-0.1, -0.05) is 11.6 Å². The van der Waals surface area contributed by atoms with Crippen LogP contribution in [0, 0.1) is 6.92 Å². The summed E-state index contributed by atoms with van der Waals surface area (Å²) in [5.74, 6) is 0.419. The van der Waals surface area contributed by atoms with E-state index in [2.05, 4.69) is 9.97 Å². The number of hydrogen-bond donors (Lipinski definition) is 1. The van der Waals surface area contributed by atoms with Gasteiger partial charge in [0.2, 0.25) is 5.88 Å². The highest BCUT2D eigenvalue weighted by Gasteiger charge is 2.05. The summed E-state index contributed by atoms with van der Waals surface area (Å²) in [6, 6.07) is 1.63. The zero-order chi connectivity index (χ0) is 12.3. The zero-order valence-corrected chi connectivity index (χ0v) is 10.9. The van der Waals surface area contributed by atoms with Crippen LogP contribution in [-0.2, 0) is 6.42 Å². The van der Waals surface area contributed by atoms with Gasteiger partial charge in [0.05, 0.1) is 29.7 Å². The predicted octanol–water partition coefficient (Wildman–Crippen LogP) is 2.70. The number of ether oxygens (including phenoxy) is 1. The van der Waals surface area contributed by atoms with Gasteiger partial charge in [-0.15, -0.1) is 11.3 Å². The molecule has 2 aromatic heterocycles. The van der Waals surface area contributed by atoms with Crippen LogP contribution < -0.4 is 10.5 Å². The minimum atomic E-state index is 0.419. The molecule has 0 amide bonds. The van der Waals surface area contributed by atoms with Crippen LogP contribution in [0.4, 0.5) is 5.69 Å². The maximum Gasteiger partial charge on any atom is 0.232 e. The minimum absolute atomic E-state index is 0.419. The normalized spacial score (nSPS) is 10.5. The highest BCUT2D eigenvalue weighted by Crippen LogP contribution is 2.23. The van der Waals surface area contributed by atoms with Gasteiger partial charge >= 0.3 is 0 Å². The van der Waals surface area contributed by atoms with E-state index in [0.29, 0.717) is 23.2 Å². The van der Waals surface area contributed by atoms with Crippen LogP contribution >= 0.6 is 22.9 Å². The average molecular weight is 270 g/mol. The molecule has 2 aromatic rings. The number of anilines is 1. The largest absolute Gasteiger partial charge is 0.476 e. The van der Waals surface area contributed by atoms with Crippen molar-refractivity contribution in [2.45, 2.75) is 13.3 Å². The summed E-state index contributed by atoms with van der Waals surface area (Å²) in [6.07, 6.45) is 2.33. The fraction of sp³-hybridized carbons (Fsp3) is 0.273.